The Morgan fingerprint density at radius 1 is 1.00 bits per heavy atom. The van der Waals surface area contributed by atoms with Crippen molar-refractivity contribution in [1.82, 2.24) is 9.80 Å². The molecule has 0 unspecified atom stereocenters. The van der Waals surface area contributed by atoms with Crippen molar-refractivity contribution in [2.24, 2.45) is 0 Å². The predicted octanol–water partition coefficient (Wildman–Crippen LogP) is 3.98. The van der Waals surface area contributed by atoms with Crippen molar-refractivity contribution in [2.75, 3.05) is 32.8 Å². The molecule has 0 aromatic heterocycles. The van der Waals surface area contributed by atoms with Gasteiger partial charge in [-0.15, -0.1) is 0 Å². The number of hydrogen-bond acceptors (Lipinski definition) is 3. The molecule has 1 heterocycles. The molecular formula is C21H24ClFN2O2. The molecule has 144 valence electrons. The maximum absolute atomic E-state index is 13.0. The van der Waals surface area contributed by atoms with Gasteiger partial charge in [-0.3, -0.25) is 9.69 Å². The SMILES string of the molecule is O=C(CCOc1ccc(Cl)cc1)N1CCCN(Cc2ccc(F)cc2)CC1. The monoisotopic (exact) mass is 390 g/mol. The summed E-state index contributed by atoms with van der Waals surface area (Å²) in [6.07, 6.45) is 1.30. The van der Waals surface area contributed by atoms with E-state index < -0.39 is 0 Å². The Bertz CT molecular complexity index is 737. The van der Waals surface area contributed by atoms with E-state index in [0.29, 0.717) is 30.3 Å². The molecule has 1 fully saturated rings. The zero-order chi connectivity index (χ0) is 19.1. The largest absolute Gasteiger partial charge is 0.493 e. The Hall–Kier alpha value is -2.11. The van der Waals surface area contributed by atoms with Gasteiger partial charge in [0.25, 0.3) is 0 Å². The van der Waals surface area contributed by atoms with Crippen LogP contribution >= 0.6 is 11.6 Å². The Labute approximate surface area is 164 Å². The molecule has 0 bridgehead atoms. The van der Waals surface area contributed by atoms with E-state index in [1.807, 2.05) is 17.0 Å². The number of carbonyl (C=O) groups is 1. The van der Waals surface area contributed by atoms with Gasteiger partial charge in [0.1, 0.15) is 11.6 Å². The molecule has 0 N–H and O–H groups in total. The normalized spacial score (nSPS) is 15.4. The van der Waals surface area contributed by atoms with Crippen LogP contribution in [0.2, 0.25) is 5.02 Å². The molecular weight excluding hydrogens is 367 g/mol. The van der Waals surface area contributed by atoms with Gasteiger partial charge in [0.05, 0.1) is 13.0 Å². The van der Waals surface area contributed by atoms with Crippen molar-refractivity contribution >= 4 is 17.5 Å². The fraction of sp³-hybridized carbons (Fsp3) is 0.381. The summed E-state index contributed by atoms with van der Waals surface area (Å²) in [4.78, 5) is 16.7. The zero-order valence-corrected chi connectivity index (χ0v) is 16.0. The summed E-state index contributed by atoms with van der Waals surface area (Å²) < 4.78 is 18.6. The summed E-state index contributed by atoms with van der Waals surface area (Å²) in [5.74, 6) is 0.619. The lowest BCUT2D eigenvalue weighted by Crippen LogP contribution is -2.35. The lowest BCUT2D eigenvalue weighted by Gasteiger charge is -2.22. The Kier molecular flexibility index (Phi) is 7.07. The van der Waals surface area contributed by atoms with Gasteiger partial charge in [-0.1, -0.05) is 23.7 Å². The number of carbonyl (C=O) groups excluding carboxylic acids is 1. The Balaban J connectivity index is 1.42. The molecule has 4 nitrogen and oxygen atoms in total. The van der Waals surface area contributed by atoms with Crippen molar-refractivity contribution < 1.29 is 13.9 Å². The molecule has 1 saturated heterocycles. The molecule has 0 aliphatic carbocycles. The molecule has 2 aromatic rings. The van der Waals surface area contributed by atoms with Gasteiger partial charge in [-0.05, 0) is 48.4 Å². The quantitative estimate of drug-likeness (QED) is 0.747. The molecule has 0 spiro atoms. The topological polar surface area (TPSA) is 32.8 Å². The van der Waals surface area contributed by atoms with Gasteiger partial charge < -0.3 is 9.64 Å². The molecule has 2 aromatic carbocycles. The van der Waals surface area contributed by atoms with Gasteiger partial charge in [-0.2, -0.15) is 0 Å². The second-order valence-electron chi connectivity index (χ2n) is 6.69. The van der Waals surface area contributed by atoms with Crippen LogP contribution in [0.5, 0.6) is 5.75 Å². The summed E-state index contributed by atoms with van der Waals surface area (Å²) in [5, 5.41) is 0.660. The average Bonchev–Trinajstić information content (AvgIpc) is 2.91. The minimum atomic E-state index is -0.216. The molecule has 6 heteroatoms. The maximum Gasteiger partial charge on any atom is 0.226 e. The summed E-state index contributed by atoms with van der Waals surface area (Å²) in [5.41, 5.74) is 1.09. The first-order valence-electron chi connectivity index (χ1n) is 9.23. The third-order valence-electron chi connectivity index (χ3n) is 4.66. The van der Waals surface area contributed by atoms with Crippen LogP contribution in [-0.2, 0) is 11.3 Å². The minimum absolute atomic E-state index is 0.118. The average molecular weight is 391 g/mol. The van der Waals surface area contributed by atoms with Gasteiger partial charge in [0.15, 0.2) is 0 Å². The van der Waals surface area contributed by atoms with E-state index in [1.54, 1.807) is 24.3 Å². The van der Waals surface area contributed by atoms with E-state index in [4.69, 9.17) is 16.3 Å². The predicted molar refractivity (Wildman–Crippen MR) is 104 cm³/mol. The maximum atomic E-state index is 13.0. The second kappa shape index (κ2) is 9.72. The number of hydrogen-bond donors (Lipinski definition) is 0. The number of amides is 1. The number of ether oxygens (including phenoxy) is 1. The van der Waals surface area contributed by atoms with Gasteiger partial charge in [0.2, 0.25) is 5.91 Å². The number of halogens is 2. The number of rotatable bonds is 6. The zero-order valence-electron chi connectivity index (χ0n) is 15.2. The third-order valence-corrected chi connectivity index (χ3v) is 4.91. The molecule has 3 rings (SSSR count). The fourth-order valence-electron chi connectivity index (χ4n) is 3.17. The van der Waals surface area contributed by atoms with Crippen molar-refractivity contribution in [3.63, 3.8) is 0 Å². The highest BCUT2D eigenvalue weighted by atomic mass is 35.5. The number of nitrogens with zero attached hydrogens (tertiary/aromatic N) is 2. The second-order valence-corrected chi connectivity index (χ2v) is 7.13. The van der Waals surface area contributed by atoms with E-state index in [0.717, 1.165) is 38.2 Å². The summed E-state index contributed by atoms with van der Waals surface area (Å²) >= 11 is 5.85. The Morgan fingerprint density at radius 2 is 1.74 bits per heavy atom. The fourth-order valence-corrected chi connectivity index (χ4v) is 3.30. The first-order valence-corrected chi connectivity index (χ1v) is 9.61. The highest BCUT2D eigenvalue weighted by Gasteiger charge is 2.19. The van der Waals surface area contributed by atoms with Crippen LogP contribution in [0, 0.1) is 5.82 Å². The molecule has 0 atom stereocenters. The van der Waals surface area contributed by atoms with Gasteiger partial charge >= 0.3 is 0 Å². The number of benzene rings is 2. The van der Waals surface area contributed by atoms with Crippen molar-refractivity contribution in [1.29, 1.82) is 0 Å². The van der Waals surface area contributed by atoms with Crippen molar-refractivity contribution in [3.05, 3.63) is 64.9 Å². The van der Waals surface area contributed by atoms with Crippen LogP contribution in [0.25, 0.3) is 0 Å². The smallest absolute Gasteiger partial charge is 0.226 e. The highest BCUT2D eigenvalue weighted by molar-refractivity contribution is 6.30. The van der Waals surface area contributed by atoms with E-state index in [-0.39, 0.29) is 11.7 Å². The van der Waals surface area contributed by atoms with Crippen LogP contribution in [0.15, 0.2) is 48.5 Å². The molecule has 1 aliphatic heterocycles. The Morgan fingerprint density at radius 3 is 2.48 bits per heavy atom. The van der Waals surface area contributed by atoms with Crippen LogP contribution in [0.4, 0.5) is 4.39 Å². The van der Waals surface area contributed by atoms with Crippen molar-refractivity contribution in [3.8, 4) is 5.75 Å². The lowest BCUT2D eigenvalue weighted by atomic mass is 10.2. The van der Waals surface area contributed by atoms with Crippen LogP contribution in [-0.4, -0.2) is 48.5 Å². The summed E-state index contributed by atoms with van der Waals surface area (Å²) in [7, 11) is 0. The molecule has 0 saturated carbocycles. The van der Waals surface area contributed by atoms with Crippen LogP contribution in [0.3, 0.4) is 0 Å². The van der Waals surface area contributed by atoms with Gasteiger partial charge in [0, 0.05) is 37.7 Å². The van der Waals surface area contributed by atoms with Crippen LogP contribution < -0.4 is 4.74 Å². The highest BCUT2D eigenvalue weighted by Crippen LogP contribution is 2.16. The van der Waals surface area contributed by atoms with E-state index >= 15 is 0 Å². The minimum Gasteiger partial charge on any atom is -0.493 e. The van der Waals surface area contributed by atoms with Crippen LogP contribution in [0.1, 0.15) is 18.4 Å². The van der Waals surface area contributed by atoms with E-state index in [9.17, 15) is 9.18 Å². The summed E-state index contributed by atoms with van der Waals surface area (Å²) in [6.45, 7) is 4.36. The molecule has 1 amide bonds. The van der Waals surface area contributed by atoms with Gasteiger partial charge in [-0.25, -0.2) is 4.39 Å². The lowest BCUT2D eigenvalue weighted by molar-refractivity contribution is -0.131. The molecule has 27 heavy (non-hydrogen) atoms. The summed E-state index contributed by atoms with van der Waals surface area (Å²) in [6, 6.07) is 13.7. The van der Waals surface area contributed by atoms with Crippen molar-refractivity contribution in [2.45, 2.75) is 19.4 Å². The van der Waals surface area contributed by atoms with E-state index in [1.165, 1.54) is 12.1 Å². The third kappa shape index (κ3) is 6.22. The standard InChI is InChI=1S/C21H24ClFN2O2/c22-18-4-8-20(9-5-18)27-15-10-21(26)25-12-1-11-24(13-14-25)16-17-2-6-19(23)7-3-17/h2-9H,1,10-16H2. The van der Waals surface area contributed by atoms with E-state index in [2.05, 4.69) is 4.90 Å². The first kappa shape index (κ1) is 19.6. The molecule has 1 aliphatic rings. The first-order chi connectivity index (χ1) is 13.1. The molecule has 0 radical (unpaired) electrons.